The van der Waals surface area contributed by atoms with Crippen LogP contribution in [0.5, 0.6) is 0 Å². The number of hydrogen-bond acceptors (Lipinski definition) is 4. The van der Waals surface area contributed by atoms with Crippen molar-refractivity contribution in [2.24, 2.45) is 11.8 Å². The van der Waals surface area contributed by atoms with E-state index in [-0.39, 0.29) is 5.91 Å². The maximum Gasteiger partial charge on any atom is 0.233 e. The van der Waals surface area contributed by atoms with Crippen LogP contribution < -0.4 is 0 Å². The first-order chi connectivity index (χ1) is 12.1. The van der Waals surface area contributed by atoms with Crippen LogP contribution in [0.1, 0.15) is 31.7 Å². The fourth-order valence-electron chi connectivity index (χ4n) is 3.22. The molecule has 1 aliphatic heterocycles. The van der Waals surface area contributed by atoms with E-state index in [1.165, 1.54) is 18.2 Å². The number of aromatic amines is 1. The molecule has 2 heterocycles. The first-order valence-corrected chi connectivity index (χ1v) is 9.65. The summed E-state index contributed by atoms with van der Waals surface area (Å²) in [7, 11) is 0. The first kappa shape index (κ1) is 17.7. The number of nitrogens with zero attached hydrogens (tertiary/aromatic N) is 3. The third-order valence-corrected chi connectivity index (χ3v) is 5.09. The first-order valence-electron chi connectivity index (χ1n) is 8.66. The van der Waals surface area contributed by atoms with Crippen molar-refractivity contribution in [1.82, 2.24) is 20.1 Å². The van der Waals surface area contributed by atoms with Crippen LogP contribution >= 0.6 is 11.8 Å². The Labute approximate surface area is 152 Å². The molecule has 0 radical (unpaired) electrons. The molecule has 1 aliphatic rings. The molecule has 2 aromatic rings. The number of benzene rings is 1. The number of H-pyrrole nitrogens is 1. The number of carbonyl (C=O) groups is 1. The average Bonchev–Trinajstić information content (AvgIpc) is 3.06. The van der Waals surface area contributed by atoms with Crippen molar-refractivity contribution in [2.75, 3.05) is 18.8 Å². The Balaban J connectivity index is 1.51. The highest BCUT2D eigenvalue weighted by atomic mass is 32.2. The highest BCUT2D eigenvalue weighted by Crippen LogP contribution is 2.22. The number of piperidine rings is 1. The lowest BCUT2D eigenvalue weighted by molar-refractivity contribution is -0.130. The Morgan fingerprint density at radius 2 is 1.96 bits per heavy atom. The monoisotopic (exact) mass is 356 g/mol. The van der Waals surface area contributed by atoms with Gasteiger partial charge in [-0.2, -0.15) is 0 Å². The maximum absolute atomic E-state index is 12.4. The summed E-state index contributed by atoms with van der Waals surface area (Å²) in [6.07, 6.45) is 5.08. The van der Waals surface area contributed by atoms with Crippen LogP contribution in [-0.4, -0.2) is 44.8 Å². The topological polar surface area (TPSA) is 61.9 Å². The molecule has 1 amide bonds. The number of hydrogen-bond donors (Lipinski definition) is 1. The average molecular weight is 356 g/mol. The molecule has 1 aromatic heterocycles. The van der Waals surface area contributed by atoms with E-state index in [4.69, 9.17) is 0 Å². The van der Waals surface area contributed by atoms with Crippen LogP contribution in [-0.2, 0) is 4.79 Å². The Morgan fingerprint density at radius 3 is 2.68 bits per heavy atom. The number of carbonyl (C=O) groups excluding carboxylic acids is 1. The van der Waals surface area contributed by atoms with Gasteiger partial charge in [0.2, 0.25) is 11.1 Å². The molecule has 2 unspecified atom stereocenters. The van der Waals surface area contributed by atoms with Crippen LogP contribution in [0.3, 0.4) is 0 Å². The van der Waals surface area contributed by atoms with Crippen molar-refractivity contribution in [3.8, 4) is 0 Å². The SMILES string of the molecule is CC1CC(C)CN(C(=O)CSc2n[nH]c(/C=C/c3ccccc3)n2)C1. The molecule has 2 atom stereocenters. The molecule has 132 valence electrons. The zero-order chi connectivity index (χ0) is 17.6. The molecule has 1 saturated heterocycles. The smallest absolute Gasteiger partial charge is 0.233 e. The second-order valence-electron chi connectivity index (χ2n) is 6.78. The van der Waals surface area contributed by atoms with Crippen LogP contribution in [0, 0.1) is 11.8 Å². The number of aromatic nitrogens is 3. The molecule has 25 heavy (non-hydrogen) atoms. The predicted molar refractivity (Wildman–Crippen MR) is 102 cm³/mol. The standard InChI is InChI=1S/C19H24N4OS/c1-14-10-15(2)12-23(11-14)18(24)13-25-19-20-17(21-22-19)9-8-16-6-4-3-5-7-16/h3-9,14-15H,10-13H2,1-2H3,(H,20,21,22)/b9-8+. The van der Waals surface area contributed by atoms with Gasteiger partial charge in [-0.05, 0) is 29.9 Å². The molecule has 0 bridgehead atoms. The van der Waals surface area contributed by atoms with E-state index >= 15 is 0 Å². The minimum absolute atomic E-state index is 0.176. The largest absolute Gasteiger partial charge is 0.341 e. The summed E-state index contributed by atoms with van der Waals surface area (Å²) in [6.45, 7) is 6.15. The Kier molecular flexibility index (Phi) is 5.91. The summed E-state index contributed by atoms with van der Waals surface area (Å²) in [5.41, 5.74) is 1.11. The van der Waals surface area contributed by atoms with Crippen LogP contribution in [0.15, 0.2) is 35.5 Å². The van der Waals surface area contributed by atoms with E-state index < -0.39 is 0 Å². The highest BCUT2D eigenvalue weighted by molar-refractivity contribution is 7.99. The molecule has 0 aliphatic carbocycles. The van der Waals surface area contributed by atoms with Gasteiger partial charge in [-0.1, -0.05) is 62.0 Å². The van der Waals surface area contributed by atoms with Gasteiger partial charge in [0.05, 0.1) is 5.75 Å². The van der Waals surface area contributed by atoms with Crippen molar-refractivity contribution in [2.45, 2.75) is 25.4 Å². The summed E-state index contributed by atoms with van der Waals surface area (Å²) in [6, 6.07) is 10.0. The highest BCUT2D eigenvalue weighted by Gasteiger charge is 2.25. The Hall–Kier alpha value is -2.08. The van der Waals surface area contributed by atoms with Crippen LogP contribution in [0.4, 0.5) is 0 Å². The zero-order valence-electron chi connectivity index (χ0n) is 14.7. The van der Waals surface area contributed by atoms with Crippen molar-refractivity contribution >= 4 is 29.8 Å². The van der Waals surface area contributed by atoms with Gasteiger partial charge in [0.1, 0.15) is 5.82 Å². The number of rotatable bonds is 5. The van der Waals surface area contributed by atoms with E-state index in [2.05, 4.69) is 29.0 Å². The zero-order valence-corrected chi connectivity index (χ0v) is 15.5. The second kappa shape index (κ2) is 8.34. The molecule has 0 spiro atoms. The van der Waals surface area contributed by atoms with Gasteiger partial charge in [0.25, 0.3) is 0 Å². The van der Waals surface area contributed by atoms with E-state index in [1.807, 2.05) is 47.4 Å². The van der Waals surface area contributed by atoms with Crippen LogP contribution in [0.2, 0.25) is 0 Å². The van der Waals surface area contributed by atoms with Gasteiger partial charge >= 0.3 is 0 Å². The van der Waals surface area contributed by atoms with Gasteiger partial charge in [0, 0.05) is 13.1 Å². The quantitative estimate of drug-likeness (QED) is 0.832. The minimum atomic E-state index is 0.176. The third-order valence-electron chi connectivity index (χ3n) is 4.26. The maximum atomic E-state index is 12.4. The van der Waals surface area contributed by atoms with Crippen LogP contribution in [0.25, 0.3) is 12.2 Å². The number of likely N-dealkylation sites (tertiary alicyclic amines) is 1. The molecular weight excluding hydrogens is 332 g/mol. The van der Waals surface area contributed by atoms with E-state index in [1.54, 1.807) is 0 Å². The Bertz CT molecular complexity index is 718. The molecule has 6 heteroatoms. The van der Waals surface area contributed by atoms with Gasteiger partial charge in [-0.3, -0.25) is 9.89 Å². The predicted octanol–water partition coefficient (Wildman–Crippen LogP) is 3.57. The molecule has 1 N–H and O–H groups in total. The number of amides is 1. The van der Waals surface area contributed by atoms with Gasteiger partial charge < -0.3 is 4.90 Å². The van der Waals surface area contributed by atoms with Crippen molar-refractivity contribution in [3.05, 3.63) is 41.7 Å². The summed E-state index contributed by atoms with van der Waals surface area (Å²) in [5.74, 6) is 2.42. The lowest BCUT2D eigenvalue weighted by Gasteiger charge is -2.34. The van der Waals surface area contributed by atoms with E-state index in [9.17, 15) is 4.79 Å². The molecule has 5 nitrogen and oxygen atoms in total. The summed E-state index contributed by atoms with van der Waals surface area (Å²) in [4.78, 5) is 18.8. The van der Waals surface area contributed by atoms with Gasteiger partial charge in [-0.25, -0.2) is 4.98 Å². The fraction of sp³-hybridized carbons (Fsp3) is 0.421. The van der Waals surface area contributed by atoms with Gasteiger partial charge in [-0.15, -0.1) is 5.10 Å². The fourth-order valence-corrected chi connectivity index (χ4v) is 3.93. The summed E-state index contributed by atoms with van der Waals surface area (Å²) < 4.78 is 0. The van der Waals surface area contributed by atoms with E-state index in [0.717, 1.165) is 18.7 Å². The number of nitrogens with one attached hydrogen (secondary N) is 1. The molecule has 1 aromatic carbocycles. The Morgan fingerprint density at radius 1 is 1.24 bits per heavy atom. The van der Waals surface area contributed by atoms with Crippen molar-refractivity contribution in [3.63, 3.8) is 0 Å². The lowest BCUT2D eigenvalue weighted by Crippen LogP contribution is -2.43. The second-order valence-corrected chi connectivity index (χ2v) is 7.72. The number of thioether (sulfide) groups is 1. The molecular formula is C19H24N4OS. The van der Waals surface area contributed by atoms with E-state index in [0.29, 0.717) is 28.6 Å². The van der Waals surface area contributed by atoms with Gasteiger partial charge in [0.15, 0.2) is 0 Å². The summed E-state index contributed by atoms with van der Waals surface area (Å²) in [5, 5.41) is 7.69. The minimum Gasteiger partial charge on any atom is -0.341 e. The van der Waals surface area contributed by atoms with Crippen molar-refractivity contribution < 1.29 is 4.79 Å². The normalized spacial score (nSPS) is 21.0. The summed E-state index contributed by atoms with van der Waals surface area (Å²) >= 11 is 1.39. The molecule has 0 saturated carbocycles. The molecule has 3 rings (SSSR count). The van der Waals surface area contributed by atoms with Crippen molar-refractivity contribution in [1.29, 1.82) is 0 Å². The lowest BCUT2D eigenvalue weighted by atomic mass is 9.92. The molecule has 1 fully saturated rings. The third kappa shape index (κ3) is 5.19.